The van der Waals surface area contributed by atoms with E-state index in [1.807, 2.05) is 0 Å². The molecule has 4 N–H and O–H groups in total. The van der Waals surface area contributed by atoms with Crippen LogP contribution in [0.2, 0.25) is 0 Å². The molecule has 154 valence electrons. The van der Waals surface area contributed by atoms with Crippen LogP contribution >= 0.6 is 0 Å². The second-order valence-electron chi connectivity index (χ2n) is 5.94. The van der Waals surface area contributed by atoms with E-state index in [4.69, 9.17) is 0 Å². The van der Waals surface area contributed by atoms with Gasteiger partial charge in [-0.3, -0.25) is 0 Å². The Labute approximate surface area is 165 Å². The number of carbonyl (C=O) groups excluding carboxylic acids is 4. The van der Waals surface area contributed by atoms with Crippen molar-refractivity contribution in [2.45, 2.75) is 26.1 Å². The van der Waals surface area contributed by atoms with Crippen LogP contribution in [-0.4, -0.2) is 51.8 Å². The Morgan fingerprint density at radius 3 is 1.31 bits per heavy atom. The summed E-state index contributed by atoms with van der Waals surface area (Å²) in [5, 5.41) is 19.5. The van der Waals surface area contributed by atoms with Crippen molar-refractivity contribution < 1.29 is 44.3 Å². The van der Waals surface area contributed by atoms with E-state index in [-0.39, 0.29) is 16.6 Å². The molecule has 0 heterocycles. The molecule has 0 saturated heterocycles. The van der Waals surface area contributed by atoms with Gasteiger partial charge < -0.3 is 25.2 Å². The largest absolute Gasteiger partial charge is 0.412 e. The molecule has 29 heavy (non-hydrogen) atoms. The molecule has 0 aliphatic carbocycles. The zero-order valence-electron chi connectivity index (χ0n) is 15.6. The van der Waals surface area contributed by atoms with Crippen LogP contribution in [0, 0.1) is 13.8 Å². The molecule has 2 aromatic rings. The highest BCUT2D eigenvalue weighted by atomic mass is 16.6. The highest BCUT2D eigenvalue weighted by Crippen LogP contribution is 2.12. The summed E-state index contributed by atoms with van der Waals surface area (Å²) in [6.07, 6.45) is -4.82. The number of hydrogen-bond acceptors (Lipinski definition) is 8. The van der Waals surface area contributed by atoms with Crippen molar-refractivity contribution in [3.8, 4) is 0 Å². The summed E-state index contributed by atoms with van der Waals surface area (Å²) in [5.74, 6) is -5.22. The van der Waals surface area contributed by atoms with Gasteiger partial charge in [-0.25, -0.2) is 19.2 Å². The van der Waals surface area contributed by atoms with E-state index >= 15 is 0 Å². The fourth-order valence-electron chi connectivity index (χ4n) is 2.28. The third kappa shape index (κ3) is 5.79. The predicted octanol–water partition coefficient (Wildman–Crippen LogP) is 0.268. The van der Waals surface area contributed by atoms with Crippen LogP contribution in [0.1, 0.15) is 31.8 Å². The number of aryl methyl sites for hydroxylation is 2. The van der Waals surface area contributed by atoms with Gasteiger partial charge in [0.2, 0.25) is 0 Å². The number of rotatable bonds is 5. The Bertz CT molecular complexity index is 844. The van der Waals surface area contributed by atoms with Crippen LogP contribution in [-0.2, 0) is 19.1 Å². The van der Waals surface area contributed by atoms with Crippen LogP contribution in [0.3, 0.4) is 0 Å². The second kappa shape index (κ2) is 10.2. The molecule has 0 aliphatic rings. The molecule has 2 rings (SSSR count). The molecule has 0 unspecified atom stereocenters. The Hall–Kier alpha value is -3.40. The van der Waals surface area contributed by atoms with Gasteiger partial charge in [0.25, 0.3) is 0 Å². The minimum absolute atomic E-state index is 0. The quantitative estimate of drug-likeness (QED) is 0.530. The third-order valence-corrected chi connectivity index (χ3v) is 3.90. The molecule has 2 aromatic carbocycles. The summed E-state index contributed by atoms with van der Waals surface area (Å²) in [6, 6.07) is 12.5. The van der Waals surface area contributed by atoms with Crippen molar-refractivity contribution in [3.63, 3.8) is 0 Å². The van der Waals surface area contributed by atoms with E-state index in [1.165, 1.54) is 12.1 Å². The van der Waals surface area contributed by atoms with Crippen molar-refractivity contribution in [1.29, 1.82) is 0 Å². The lowest BCUT2D eigenvalue weighted by molar-refractivity contribution is -0.166. The first kappa shape index (κ1) is 23.6. The van der Waals surface area contributed by atoms with Gasteiger partial charge in [0, 0.05) is 0 Å². The first-order valence-corrected chi connectivity index (χ1v) is 8.21. The van der Waals surface area contributed by atoms with Crippen LogP contribution in [0.5, 0.6) is 0 Å². The van der Waals surface area contributed by atoms with Gasteiger partial charge in [0.05, 0.1) is 11.1 Å². The predicted molar refractivity (Wildman–Crippen MR) is 98.8 cm³/mol. The number of esters is 4. The standard InChI is InChI=1S/C20H18O8.H2O/c1-11-7-3-5-9-13(11)17(23)27-19(25)15(21)16(22)20(26)28-18(24)14-10-6-4-8-12(14)2;/h3-10,15-16,21-22H,1-2H3;1H2/t15-,16-;/m1./s1. The Balaban J connectivity index is 0.00000420. The molecule has 9 heteroatoms. The summed E-state index contributed by atoms with van der Waals surface area (Å²) in [7, 11) is 0. The van der Waals surface area contributed by atoms with Gasteiger partial charge in [-0.2, -0.15) is 0 Å². The minimum Gasteiger partial charge on any atom is -0.412 e. The van der Waals surface area contributed by atoms with E-state index in [0.717, 1.165) is 0 Å². The maximum absolute atomic E-state index is 12.0. The summed E-state index contributed by atoms with van der Waals surface area (Å²) < 4.78 is 8.96. The highest BCUT2D eigenvalue weighted by molar-refractivity contribution is 6.02. The number of aliphatic hydroxyl groups is 2. The number of carbonyl (C=O) groups is 4. The molecule has 0 radical (unpaired) electrons. The van der Waals surface area contributed by atoms with Crippen molar-refractivity contribution in [2.24, 2.45) is 0 Å². The topological polar surface area (TPSA) is 159 Å². The van der Waals surface area contributed by atoms with Crippen LogP contribution in [0.4, 0.5) is 0 Å². The minimum atomic E-state index is -2.41. The van der Waals surface area contributed by atoms with Crippen LogP contribution in [0.25, 0.3) is 0 Å². The summed E-state index contributed by atoms with van der Waals surface area (Å²) in [4.78, 5) is 47.6. The highest BCUT2D eigenvalue weighted by Gasteiger charge is 2.35. The van der Waals surface area contributed by atoms with Crippen LogP contribution < -0.4 is 0 Å². The molecule has 2 atom stereocenters. The van der Waals surface area contributed by atoms with Crippen molar-refractivity contribution in [3.05, 3.63) is 70.8 Å². The van der Waals surface area contributed by atoms with E-state index in [9.17, 15) is 29.4 Å². The first-order valence-electron chi connectivity index (χ1n) is 8.21. The molecule has 0 fully saturated rings. The zero-order valence-corrected chi connectivity index (χ0v) is 15.6. The van der Waals surface area contributed by atoms with Gasteiger partial charge >= 0.3 is 23.9 Å². The monoisotopic (exact) mass is 404 g/mol. The van der Waals surface area contributed by atoms with Gasteiger partial charge in [0.15, 0.2) is 12.2 Å². The number of aliphatic hydroxyl groups excluding tert-OH is 2. The van der Waals surface area contributed by atoms with Gasteiger partial charge in [0.1, 0.15) is 0 Å². The van der Waals surface area contributed by atoms with Gasteiger partial charge in [-0.1, -0.05) is 36.4 Å². The third-order valence-electron chi connectivity index (χ3n) is 3.90. The van der Waals surface area contributed by atoms with E-state index < -0.39 is 36.1 Å². The van der Waals surface area contributed by atoms with Crippen molar-refractivity contribution >= 4 is 23.9 Å². The van der Waals surface area contributed by atoms with Gasteiger partial charge in [-0.15, -0.1) is 0 Å². The van der Waals surface area contributed by atoms with E-state index in [1.54, 1.807) is 50.2 Å². The summed E-state index contributed by atoms with van der Waals surface area (Å²) >= 11 is 0. The van der Waals surface area contributed by atoms with Crippen LogP contribution in [0.15, 0.2) is 48.5 Å². The Kier molecular flexibility index (Phi) is 8.34. The maximum Gasteiger partial charge on any atom is 0.346 e. The molecule has 0 bridgehead atoms. The fraction of sp³-hybridized carbons (Fsp3) is 0.200. The molecular formula is C20H20O9. The van der Waals surface area contributed by atoms with Gasteiger partial charge in [-0.05, 0) is 37.1 Å². The lowest BCUT2D eigenvalue weighted by Gasteiger charge is -2.15. The Morgan fingerprint density at radius 2 is 1.00 bits per heavy atom. The Morgan fingerprint density at radius 1 is 0.690 bits per heavy atom. The SMILES string of the molecule is Cc1ccccc1C(=O)OC(=O)[C@H](O)[C@@H](O)C(=O)OC(=O)c1ccccc1C.O. The lowest BCUT2D eigenvalue weighted by Crippen LogP contribution is -2.43. The number of ether oxygens (including phenoxy) is 2. The average molecular weight is 404 g/mol. The molecule has 0 spiro atoms. The summed E-state index contributed by atoms with van der Waals surface area (Å²) in [6.45, 7) is 3.22. The molecule has 0 aromatic heterocycles. The first-order chi connectivity index (χ1) is 13.2. The summed E-state index contributed by atoms with van der Waals surface area (Å²) in [5.41, 5.74) is 1.21. The smallest absolute Gasteiger partial charge is 0.346 e. The maximum atomic E-state index is 12.0. The zero-order chi connectivity index (χ0) is 20.8. The molecule has 0 saturated carbocycles. The van der Waals surface area contributed by atoms with Crippen molar-refractivity contribution in [2.75, 3.05) is 0 Å². The van der Waals surface area contributed by atoms with E-state index in [0.29, 0.717) is 11.1 Å². The van der Waals surface area contributed by atoms with E-state index in [2.05, 4.69) is 9.47 Å². The lowest BCUT2D eigenvalue weighted by atomic mass is 10.1. The molecule has 9 nitrogen and oxygen atoms in total. The molecule has 0 amide bonds. The molecular weight excluding hydrogens is 384 g/mol. The fourth-order valence-corrected chi connectivity index (χ4v) is 2.28. The second-order valence-corrected chi connectivity index (χ2v) is 5.94. The molecule has 0 aliphatic heterocycles. The average Bonchev–Trinajstić information content (AvgIpc) is 2.67. The normalized spacial score (nSPS) is 12.1. The number of hydrogen-bond donors (Lipinski definition) is 2. The van der Waals surface area contributed by atoms with Crippen molar-refractivity contribution in [1.82, 2.24) is 0 Å². The number of benzene rings is 2.